The zero-order chi connectivity index (χ0) is 20.3. The Bertz CT molecular complexity index is 1100. The second-order valence-corrected chi connectivity index (χ2v) is 6.89. The molecule has 3 rings (SSSR count). The van der Waals surface area contributed by atoms with E-state index < -0.39 is 12.0 Å². The van der Waals surface area contributed by atoms with Gasteiger partial charge in [0.1, 0.15) is 11.6 Å². The van der Waals surface area contributed by atoms with Crippen molar-refractivity contribution in [3.05, 3.63) is 71.1 Å². The van der Waals surface area contributed by atoms with E-state index in [1.807, 2.05) is 44.2 Å². The van der Waals surface area contributed by atoms with Gasteiger partial charge in [-0.15, -0.1) is 0 Å². The predicted octanol–water partition coefficient (Wildman–Crippen LogP) is 3.65. The van der Waals surface area contributed by atoms with Crippen molar-refractivity contribution in [3.8, 4) is 11.8 Å². The molecule has 0 fully saturated rings. The number of nitriles is 1. The molecule has 5 heteroatoms. The molecular formula is C23H23N3O2. The minimum Gasteiger partial charge on any atom is -0.392 e. The summed E-state index contributed by atoms with van der Waals surface area (Å²) in [7, 11) is 0. The van der Waals surface area contributed by atoms with Gasteiger partial charge in [-0.05, 0) is 49.9 Å². The van der Waals surface area contributed by atoms with E-state index in [9.17, 15) is 15.2 Å². The molecular weight excluding hydrogens is 350 g/mol. The van der Waals surface area contributed by atoms with Crippen molar-refractivity contribution in [2.75, 3.05) is 6.54 Å². The van der Waals surface area contributed by atoms with Gasteiger partial charge in [0.25, 0.3) is 5.91 Å². The average Bonchev–Trinajstić information content (AvgIpc) is 2.96. The standard InChI is InChI=1S/C23H23N3O2/c1-15-11-19(12-20(13-24)23(28)25-14-16(2)27)17(3)26(15)22-10-6-8-18-7-4-5-9-21(18)22/h4-12,16,27H,14H2,1-3H3,(H,25,28)/b20-12+. The average molecular weight is 373 g/mol. The molecule has 1 aromatic heterocycles. The summed E-state index contributed by atoms with van der Waals surface area (Å²) in [4.78, 5) is 12.2. The fourth-order valence-electron chi connectivity index (χ4n) is 3.35. The van der Waals surface area contributed by atoms with E-state index in [1.165, 1.54) is 0 Å². The summed E-state index contributed by atoms with van der Waals surface area (Å²) in [5, 5.41) is 23.6. The fraction of sp³-hybridized carbons (Fsp3) is 0.217. The van der Waals surface area contributed by atoms with Crippen LogP contribution < -0.4 is 5.32 Å². The van der Waals surface area contributed by atoms with Gasteiger partial charge in [0.2, 0.25) is 0 Å². The van der Waals surface area contributed by atoms with Crippen LogP contribution in [0.1, 0.15) is 23.9 Å². The highest BCUT2D eigenvalue weighted by Gasteiger charge is 2.15. The van der Waals surface area contributed by atoms with Crippen LogP contribution in [0.25, 0.3) is 22.5 Å². The van der Waals surface area contributed by atoms with E-state index >= 15 is 0 Å². The zero-order valence-electron chi connectivity index (χ0n) is 16.2. The zero-order valence-corrected chi connectivity index (χ0v) is 16.2. The highest BCUT2D eigenvalue weighted by atomic mass is 16.3. The van der Waals surface area contributed by atoms with E-state index in [4.69, 9.17) is 0 Å². The monoisotopic (exact) mass is 373 g/mol. The van der Waals surface area contributed by atoms with Crippen LogP contribution in [0.15, 0.2) is 54.1 Å². The predicted molar refractivity (Wildman–Crippen MR) is 111 cm³/mol. The Morgan fingerprint density at radius 1 is 1.25 bits per heavy atom. The Balaban J connectivity index is 2.05. The van der Waals surface area contributed by atoms with Gasteiger partial charge in [0.05, 0.1) is 11.8 Å². The van der Waals surface area contributed by atoms with E-state index in [2.05, 4.69) is 34.1 Å². The lowest BCUT2D eigenvalue weighted by Gasteiger charge is -2.13. The van der Waals surface area contributed by atoms with Crippen molar-refractivity contribution in [3.63, 3.8) is 0 Å². The van der Waals surface area contributed by atoms with Gasteiger partial charge < -0.3 is 15.0 Å². The number of benzene rings is 2. The highest BCUT2D eigenvalue weighted by molar-refractivity contribution is 6.02. The number of nitrogens with zero attached hydrogens (tertiary/aromatic N) is 2. The minimum absolute atomic E-state index is 0.0128. The number of rotatable bonds is 5. The molecule has 28 heavy (non-hydrogen) atoms. The van der Waals surface area contributed by atoms with E-state index in [-0.39, 0.29) is 12.1 Å². The number of fused-ring (bicyclic) bond motifs is 1. The molecule has 1 unspecified atom stereocenters. The normalized spacial score (nSPS) is 12.6. The molecule has 0 saturated heterocycles. The van der Waals surface area contributed by atoms with Crippen LogP contribution in [0.5, 0.6) is 0 Å². The Morgan fingerprint density at radius 2 is 1.96 bits per heavy atom. The molecule has 0 aliphatic rings. The van der Waals surface area contributed by atoms with Crippen molar-refractivity contribution in [2.24, 2.45) is 0 Å². The number of aliphatic hydroxyl groups is 1. The number of aliphatic hydroxyl groups excluding tert-OH is 1. The molecule has 0 bridgehead atoms. The highest BCUT2D eigenvalue weighted by Crippen LogP contribution is 2.28. The molecule has 1 amide bonds. The number of hydrogen-bond donors (Lipinski definition) is 2. The number of hydrogen-bond acceptors (Lipinski definition) is 3. The lowest BCUT2D eigenvalue weighted by Crippen LogP contribution is -2.31. The van der Waals surface area contributed by atoms with E-state index in [1.54, 1.807) is 13.0 Å². The van der Waals surface area contributed by atoms with Gasteiger partial charge >= 0.3 is 0 Å². The SMILES string of the molecule is Cc1cc(/C=C(\C#N)C(=O)NCC(C)O)c(C)n1-c1cccc2ccccc12. The van der Waals surface area contributed by atoms with Crippen LogP contribution in [0.3, 0.4) is 0 Å². The summed E-state index contributed by atoms with van der Waals surface area (Å²) in [5.41, 5.74) is 3.85. The Labute approximate surface area is 164 Å². The maximum absolute atomic E-state index is 12.2. The van der Waals surface area contributed by atoms with Crippen LogP contribution in [0.2, 0.25) is 0 Å². The number of carbonyl (C=O) groups is 1. The number of aromatic nitrogens is 1. The van der Waals surface area contributed by atoms with Crippen molar-refractivity contribution in [1.82, 2.24) is 9.88 Å². The van der Waals surface area contributed by atoms with Crippen LogP contribution >= 0.6 is 0 Å². The molecule has 5 nitrogen and oxygen atoms in total. The summed E-state index contributed by atoms with van der Waals surface area (Å²) in [6.45, 7) is 5.66. The first-order chi connectivity index (χ1) is 13.4. The second kappa shape index (κ2) is 8.12. The van der Waals surface area contributed by atoms with Crippen molar-refractivity contribution in [1.29, 1.82) is 5.26 Å². The largest absolute Gasteiger partial charge is 0.392 e. The van der Waals surface area contributed by atoms with Gasteiger partial charge in [-0.3, -0.25) is 4.79 Å². The summed E-state index contributed by atoms with van der Waals surface area (Å²) < 4.78 is 2.14. The Kier molecular flexibility index (Phi) is 5.62. The Hall–Kier alpha value is -3.36. The van der Waals surface area contributed by atoms with Crippen LogP contribution in [0.4, 0.5) is 0 Å². The molecule has 0 radical (unpaired) electrons. The quantitative estimate of drug-likeness (QED) is 0.529. The lowest BCUT2D eigenvalue weighted by molar-refractivity contribution is -0.117. The molecule has 1 heterocycles. The van der Waals surface area contributed by atoms with Crippen molar-refractivity contribution in [2.45, 2.75) is 26.9 Å². The number of amides is 1. The number of nitrogens with one attached hydrogen (secondary N) is 1. The van der Waals surface area contributed by atoms with Crippen molar-refractivity contribution < 1.29 is 9.90 Å². The molecule has 1 atom stereocenters. The summed E-state index contributed by atoms with van der Waals surface area (Å²) >= 11 is 0. The van der Waals surface area contributed by atoms with Gasteiger partial charge in [-0.1, -0.05) is 36.4 Å². The lowest BCUT2D eigenvalue weighted by atomic mass is 10.1. The second-order valence-electron chi connectivity index (χ2n) is 6.89. The fourth-order valence-corrected chi connectivity index (χ4v) is 3.35. The maximum atomic E-state index is 12.2. The van der Waals surface area contributed by atoms with Crippen LogP contribution in [0, 0.1) is 25.2 Å². The van der Waals surface area contributed by atoms with Gasteiger partial charge in [0, 0.05) is 23.3 Å². The first-order valence-corrected chi connectivity index (χ1v) is 9.17. The molecule has 0 saturated carbocycles. The van der Waals surface area contributed by atoms with Crippen LogP contribution in [-0.4, -0.2) is 28.2 Å². The van der Waals surface area contributed by atoms with E-state index in [0.29, 0.717) is 0 Å². The van der Waals surface area contributed by atoms with Gasteiger partial charge in [-0.2, -0.15) is 5.26 Å². The molecule has 2 N–H and O–H groups in total. The van der Waals surface area contributed by atoms with Gasteiger partial charge in [0.15, 0.2) is 0 Å². The first kappa shape index (κ1) is 19.4. The third kappa shape index (κ3) is 3.83. The molecule has 0 spiro atoms. The van der Waals surface area contributed by atoms with E-state index in [0.717, 1.165) is 33.4 Å². The summed E-state index contributed by atoms with van der Waals surface area (Å²) in [6.07, 6.45) is 0.932. The summed E-state index contributed by atoms with van der Waals surface area (Å²) in [6, 6.07) is 18.3. The third-order valence-electron chi connectivity index (χ3n) is 4.70. The molecule has 3 aromatic rings. The summed E-state index contributed by atoms with van der Waals surface area (Å²) in [5.74, 6) is -0.488. The van der Waals surface area contributed by atoms with Crippen LogP contribution in [-0.2, 0) is 4.79 Å². The first-order valence-electron chi connectivity index (χ1n) is 9.17. The Morgan fingerprint density at radius 3 is 2.68 bits per heavy atom. The third-order valence-corrected chi connectivity index (χ3v) is 4.70. The number of aryl methyl sites for hydroxylation is 1. The number of carbonyl (C=O) groups excluding carboxylic acids is 1. The minimum atomic E-state index is -0.666. The smallest absolute Gasteiger partial charge is 0.262 e. The van der Waals surface area contributed by atoms with Crippen molar-refractivity contribution >= 4 is 22.8 Å². The molecule has 2 aromatic carbocycles. The molecule has 0 aliphatic heterocycles. The molecule has 142 valence electrons. The van der Waals surface area contributed by atoms with Gasteiger partial charge in [-0.25, -0.2) is 0 Å². The molecule has 0 aliphatic carbocycles. The maximum Gasteiger partial charge on any atom is 0.262 e. The topological polar surface area (TPSA) is 78.1 Å².